The Labute approximate surface area is 157 Å². The second-order valence-electron chi connectivity index (χ2n) is 5.48. The first-order chi connectivity index (χ1) is 12.8. The van der Waals surface area contributed by atoms with Gasteiger partial charge in [0.15, 0.2) is 0 Å². The number of hydrazine groups is 2. The van der Waals surface area contributed by atoms with E-state index in [1.807, 2.05) is 0 Å². The molecule has 3 rings (SSSR count). The number of halogens is 4. The molecule has 0 saturated carbocycles. The SMILES string of the molecule is O=C(CNc1ccc(Cl)c(C(F)(F)F)c1)Nc1cccc(N2C=NNN2)c1. The normalized spacial score (nSPS) is 13.4. The highest BCUT2D eigenvalue weighted by Gasteiger charge is 2.33. The third-order valence-corrected chi connectivity index (χ3v) is 3.87. The molecule has 0 spiro atoms. The molecule has 0 aromatic heterocycles. The molecule has 0 bridgehead atoms. The van der Waals surface area contributed by atoms with E-state index in [2.05, 4.69) is 26.8 Å². The first kappa shape index (κ1) is 18.8. The molecule has 7 nitrogen and oxygen atoms in total. The Hall–Kier alpha value is -2.98. The number of alkyl halides is 3. The lowest BCUT2D eigenvalue weighted by Gasteiger charge is -2.15. The summed E-state index contributed by atoms with van der Waals surface area (Å²) in [6.45, 7) is -0.214. The summed E-state index contributed by atoms with van der Waals surface area (Å²) in [5.74, 6) is -0.420. The van der Waals surface area contributed by atoms with Crippen LogP contribution in [0.5, 0.6) is 0 Å². The van der Waals surface area contributed by atoms with E-state index in [0.29, 0.717) is 5.69 Å². The number of nitrogens with zero attached hydrogens (tertiary/aromatic N) is 2. The maximum atomic E-state index is 12.9. The Bertz CT molecular complexity index is 873. The fourth-order valence-corrected chi connectivity index (χ4v) is 2.53. The lowest BCUT2D eigenvalue weighted by molar-refractivity contribution is -0.137. The van der Waals surface area contributed by atoms with E-state index in [1.165, 1.54) is 12.4 Å². The summed E-state index contributed by atoms with van der Waals surface area (Å²) in [6, 6.07) is 10.3. The maximum absolute atomic E-state index is 12.9. The summed E-state index contributed by atoms with van der Waals surface area (Å²) < 4.78 is 38.6. The molecule has 0 fully saturated rings. The lowest BCUT2D eigenvalue weighted by atomic mass is 10.2. The van der Waals surface area contributed by atoms with Crippen molar-refractivity contribution < 1.29 is 18.0 Å². The fourth-order valence-electron chi connectivity index (χ4n) is 2.30. The van der Waals surface area contributed by atoms with Crippen molar-refractivity contribution in [1.82, 2.24) is 11.1 Å². The Morgan fingerprint density at radius 3 is 2.70 bits per heavy atom. The van der Waals surface area contributed by atoms with E-state index in [9.17, 15) is 18.0 Å². The summed E-state index contributed by atoms with van der Waals surface area (Å²) in [5, 5.41) is 10.3. The van der Waals surface area contributed by atoms with E-state index >= 15 is 0 Å². The number of rotatable bonds is 5. The number of nitrogens with one attached hydrogen (secondary N) is 4. The van der Waals surface area contributed by atoms with Crippen molar-refractivity contribution in [3.8, 4) is 0 Å². The molecule has 1 aliphatic heterocycles. The molecular formula is C16H14ClF3N6O. The summed E-state index contributed by atoms with van der Waals surface area (Å²) in [4.78, 5) is 12.1. The van der Waals surface area contributed by atoms with Crippen LogP contribution in [0.15, 0.2) is 47.6 Å². The second-order valence-corrected chi connectivity index (χ2v) is 5.89. The molecule has 0 unspecified atom stereocenters. The van der Waals surface area contributed by atoms with Crippen LogP contribution in [0.3, 0.4) is 0 Å². The smallest absolute Gasteiger partial charge is 0.376 e. The highest BCUT2D eigenvalue weighted by molar-refractivity contribution is 6.31. The van der Waals surface area contributed by atoms with Crippen LogP contribution >= 0.6 is 11.6 Å². The number of hydrogen-bond acceptors (Lipinski definition) is 6. The third-order valence-electron chi connectivity index (χ3n) is 3.54. The number of amides is 1. The van der Waals surface area contributed by atoms with Crippen LogP contribution < -0.4 is 26.7 Å². The maximum Gasteiger partial charge on any atom is 0.417 e. The van der Waals surface area contributed by atoms with Gasteiger partial charge < -0.3 is 10.6 Å². The van der Waals surface area contributed by atoms with Gasteiger partial charge in [0.25, 0.3) is 0 Å². The largest absolute Gasteiger partial charge is 0.417 e. The van der Waals surface area contributed by atoms with Crippen LogP contribution in [0.25, 0.3) is 0 Å². The number of anilines is 3. The first-order valence-electron chi connectivity index (χ1n) is 7.66. The van der Waals surface area contributed by atoms with Gasteiger partial charge >= 0.3 is 6.18 Å². The molecule has 2 aromatic carbocycles. The zero-order valence-electron chi connectivity index (χ0n) is 13.6. The standard InChI is InChI=1S/C16H14ClF3N6O/c17-14-5-4-10(7-13(14)16(18,19)20)21-8-15(27)23-11-2-1-3-12(6-11)26-9-22-24-25-26/h1-7,9,21,24-25H,8H2,(H,23,27). The van der Waals surface area contributed by atoms with E-state index in [0.717, 1.165) is 17.8 Å². The number of carbonyl (C=O) groups excluding carboxylic acids is 1. The molecule has 0 radical (unpaired) electrons. The first-order valence-corrected chi connectivity index (χ1v) is 8.04. The lowest BCUT2D eigenvalue weighted by Crippen LogP contribution is -2.37. The molecule has 0 atom stereocenters. The minimum atomic E-state index is -4.57. The molecule has 1 aliphatic rings. The predicted octanol–water partition coefficient (Wildman–Crippen LogP) is 3.18. The van der Waals surface area contributed by atoms with Crippen molar-refractivity contribution in [2.75, 3.05) is 22.2 Å². The number of hydrogen-bond donors (Lipinski definition) is 4. The molecule has 142 valence electrons. The average molecular weight is 399 g/mol. The van der Waals surface area contributed by atoms with Crippen LogP contribution in [-0.2, 0) is 11.0 Å². The highest BCUT2D eigenvalue weighted by Crippen LogP contribution is 2.36. The van der Waals surface area contributed by atoms with Crippen LogP contribution in [0.2, 0.25) is 5.02 Å². The van der Waals surface area contributed by atoms with Gasteiger partial charge in [-0.2, -0.15) is 18.3 Å². The fraction of sp³-hybridized carbons (Fsp3) is 0.125. The van der Waals surface area contributed by atoms with Gasteiger partial charge in [-0.1, -0.05) is 17.7 Å². The zero-order valence-corrected chi connectivity index (χ0v) is 14.4. The highest BCUT2D eigenvalue weighted by atomic mass is 35.5. The summed E-state index contributed by atoms with van der Waals surface area (Å²) >= 11 is 5.57. The number of benzene rings is 2. The van der Waals surface area contributed by atoms with Gasteiger partial charge in [-0.25, -0.2) is 10.5 Å². The molecule has 27 heavy (non-hydrogen) atoms. The molecular weight excluding hydrogens is 385 g/mol. The quantitative estimate of drug-likeness (QED) is 0.622. The van der Waals surface area contributed by atoms with Gasteiger partial charge in [0.1, 0.15) is 6.34 Å². The van der Waals surface area contributed by atoms with Crippen LogP contribution in [0.1, 0.15) is 5.56 Å². The van der Waals surface area contributed by atoms with Crippen molar-refractivity contribution in [3.05, 3.63) is 53.1 Å². The van der Waals surface area contributed by atoms with Crippen molar-refractivity contribution in [1.29, 1.82) is 0 Å². The van der Waals surface area contributed by atoms with Gasteiger partial charge in [0.2, 0.25) is 5.91 Å². The van der Waals surface area contributed by atoms with E-state index in [-0.39, 0.29) is 12.2 Å². The van der Waals surface area contributed by atoms with Gasteiger partial charge in [-0.05, 0) is 36.4 Å². The minimum absolute atomic E-state index is 0.138. The van der Waals surface area contributed by atoms with E-state index < -0.39 is 22.7 Å². The van der Waals surface area contributed by atoms with Gasteiger partial charge in [-0.3, -0.25) is 4.79 Å². The summed E-state index contributed by atoms with van der Waals surface area (Å²) in [6.07, 6.45) is -3.06. The molecule has 1 amide bonds. The molecule has 1 heterocycles. The van der Waals surface area contributed by atoms with Gasteiger partial charge in [-0.15, -0.1) is 5.53 Å². The van der Waals surface area contributed by atoms with Crippen molar-refractivity contribution in [3.63, 3.8) is 0 Å². The van der Waals surface area contributed by atoms with Crippen LogP contribution in [-0.4, -0.2) is 18.8 Å². The van der Waals surface area contributed by atoms with Gasteiger partial charge in [0, 0.05) is 11.4 Å². The van der Waals surface area contributed by atoms with Crippen molar-refractivity contribution in [2.24, 2.45) is 5.10 Å². The Kier molecular flexibility index (Phi) is 5.38. The van der Waals surface area contributed by atoms with Crippen LogP contribution in [0, 0.1) is 0 Å². The minimum Gasteiger partial charge on any atom is -0.376 e. The number of hydrazone groups is 1. The zero-order chi connectivity index (χ0) is 19.4. The summed E-state index contributed by atoms with van der Waals surface area (Å²) in [5.41, 5.74) is 5.72. The Morgan fingerprint density at radius 1 is 1.19 bits per heavy atom. The van der Waals surface area contributed by atoms with E-state index in [1.54, 1.807) is 29.3 Å². The van der Waals surface area contributed by atoms with Crippen LogP contribution in [0.4, 0.5) is 30.2 Å². The second kappa shape index (κ2) is 7.72. The molecule has 11 heteroatoms. The molecule has 4 N–H and O–H groups in total. The summed E-state index contributed by atoms with van der Waals surface area (Å²) in [7, 11) is 0. The average Bonchev–Trinajstić information content (AvgIpc) is 3.15. The van der Waals surface area contributed by atoms with Crippen molar-refractivity contribution >= 4 is 40.9 Å². The van der Waals surface area contributed by atoms with Gasteiger partial charge in [0.05, 0.1) is 22.8 Å². The monoisotopic (exact) mass is 398 g/mol. The third kappa shape index (κ3) is 4.80. The molecule has 0 saturated heterocycles. The Morgan fingerprint density at radius 2 is 2.00 bits per heavy atom. The van der Waals surface area contributed by atoms with E-state index in [4.69, 9.17) is 11.6 Å². The predicted molar refractivity (Wildman–Crippen MR) is 97.3 cm³/mol. The van der Waals surface area contributed by atoms with Crippen molar-refractivity contribution in [2.45, 2.75) is 6.18 Å². The molecule has 2 aromatic rings. The topological polar surface area (TPSA) is 80.8 Å². The molecule has 0 aliphatic carbocycles. The number of carbonyl (C=O) groups is 1. The Balaban J connectivity index is 1.60.